The molecule has 0 saturated heterocycles. The monoisotopic (exact) mass is 342 g/mol. The number of anilines is 1. The first kappa shape index (κ1) is 18.1. The van der Waals surface area contributed by atoms with E-state index in [4.69, 9.17) is 0 Å². The number of carboxylic acid groups (broad SMARTS) is 1. The number of hydrogen-bond donors (Lipinski definition) is 2. The molecule has 130 valence electrons. The molecule has 0 aliphatic heterocycles. The Hall–Kier alpha value is -3.22. The van der Waals surface area contributed by atoms with Gasteiger partial charge in [0.05, 0.1) is 10.5 Å². The molecule has 0 atom stereocenters. The molecular weight excluding hydrogens is 324 g/mol. The second-order valence-electron chi connectivity index (χ2n) is 6.54. The van der Waals surface area contributed by atoms with Crippen LogP contribution in [0.2, 0.25) is 0 Å². The molecule has 0 aliphatic rings. The number of aromatic carboxylic acids is 1. The van der Waals surface area contributed by atoms with Crippen molar-refractivity contribution in [3.05, 3.63) is 69.3 Å². The zero-order valence-corrected chi connectivity index (χ0v) is 14.1. The number of carboxylic acids is 1. The Labute approximate surface area is 144 Å². The number of nitrogens with zero attached hydrogens (tertiary/aromatic N) is 1. The van der Waals surface area contributed by atoms with E-state index in [0.29, 0.717) is 0 Å². The topological polar surface area (TPSA) is 110 Å². The maximum absolute atomic E-state index is 12.4. The summed E-state index contributed by atoms with van der Waals surface area (Å²) in [5, 5.41) is 22.7. The number of rotatable bonds is 4. The second kappa shape index (κ2) is 6.72. The largest absolute Gasteiger partial charge is 0.478 e. The first-order valence-electron chi connectivity index (χ1n) is 7.54. The van der Waals surface area contributed by atoms with Gasteiger partial charge in [0, 0.05) is 11.6 Å². The van der Waals surface area contributed by atoms with Gasteiger partial charge in [0.1, 0.15) is 5.69 Å². The molecule has 0 bridgehead atoms. The van der Waals surface area contributed by atoms with Crippen LogP contribution in [0.5, 0.6) is 0 Å². The first-order chi connectivity index (χ1) is 11.6. The van der Waals surface area contributed by atoms with E-state index in [1.165, 1.54) is 12.1 Å². The van der Waals surface area contributed by atoms with Crippen molar-refractivity contribution in [3.63, 3.8) is 0 Å². The van der Waals surface area contributed by atoms with Crippen LogP contribution in [-0.4, -0.2) is 21.9 Å². The van der Waals surface area contributed by atoms with Gasteiger partial charge < -0.3 is 10.4 Å². The maximum atomic E-state index is 12.4. The van der Waals surface area contributed by atoms with E-state index >= 15 is 0 Å². The summed E-state index contributed by atoms with van der Waals surface area (Å²) < 4.78 is 0. The predicted octanol–water partition coefficient (Wildman–Crippen LogP) is 3.84. The Morgan fingerprint density at radius 1 is 1.08 bits per heavy atom. The SMILES string of the molecule is CC(C)(C)c1ccc(C(=O)Nc2c(C(=O)O)cccc2[N+](=O)[O-])cc1. The quantitative estimate of drug-likeness (QED) is 0.648. The van der Waals surface area contributed by atoms with E-state index in [1.54, 1.807) is 24.3 Å². The molecule has 0 heterocycles. The Morgan fingerprint density at radius 2 is 1.68 bits per heavy atom. The Kier molecular flexibility index (Phi) is 4.87. The van der Waals surface area contributed by atoms with Crippen molar-refractivity contribution in [2.45, 2.75) is 26.2 Å². The van der Waals surface area contributed by atoms with E-state index in [0.717, 1.165) is 11.6 Å². The molecule has 0 unspecified atom stereocenters. The molecule has 0 spiro atoms. The Balaban J connectivity index is 2.38. The molecule has 2 aromatic carbocycles. The minimum atomic E-state index is -1.36. The third-order valence-electron chi connectivity index (χ3n) is 3.72. The lowest BCUT2D eigenvalue weighted by Crippen LogP contribution is -2.17. The molecule has 0 aliphatic carbocycles. The minimum absolute atomic E-state index is 0.0797. The number of para-hydroxylation sites is 1. The maximum Gasteiger partial charge on any atom is 0.338 e. The molecule has 0 radical (unpaired) electrons. The summed E-state index contributed by atoms with van der Waals surface area (Å²) in [5.41, 5.74) is 0.0886. The fourth-order valence-electron chi connectivity index (χ4n) is 2.31. The van der Waals surface area contributed by atoms with Gasteiger partial charge in [-0.25, -0.2) is 4.79 Å². The number of amides is 1. The lowest BCUT2D eigenvalue weighted by molar-refractivity contribution is -0.383. The molecule has 7 heteroatoms. The van der Waals surface area contributed by atoms with Crippen LogP contribution in [-0.2, 0) is 5.41 Å². The van der Waals surface area contributed by atoms with E-state index < -0.39 is 22.5 Å². The lowest BCUT2D eigenvalue weighted by atomic mass is 9.86. The molecule has 0 fully saturated rings. The lowest BCUT2D eigenvalue weighted by Gasteiger charge is -2.19. The molecule has 1 amide bonds. The van der Waals surface area contributed by atoms with Crippen LogP contribution in [0, 0.1) is 10.1 Å². The van der Waals surface area contributed by atoms with Gasteiger partial charge in [0.25, 0.3) is 11.6 Å². The van der Waals surface area contributed by atoms with Crippen LogP contribution >= 0.6 is 0 Å². The molecule has 0 aromatic heterocycles. The van der Waals surface area contributed by atoms with Crippen molar-refractivity contribution in [1.29, 1.82) is 0 Å². The fourth-order valence-corrected chi connectivity index (χ4v) is 2.31. The van der Waals surface area contributed by atoms with Gasteiger partial charge in [-0.05, 0) is 29.2 Å². The molecule has 2 N–H and O–H groups in total. The molecule has 7 nitrogen and oxygen atoms in total. The number of benzene rings is 2. The summed E-state index contributed by atoms with van der Waals surface area (Å²) >= 11 is 0. The molecule has 2 aromatic rings. The molecule has 2 rings (SSSR count). The fraction of sp³-hybridized carbons (Fsp3) is 0.222. The minimum Gasteiger partial charge on any atom is -0.478 e. The predicted molar refractivity (Wildman–Crippen MR) is 93.2 cm³/mol. The number of nitro groups is 1. The average Bonchev–Trinajstić information content (AvgIpc) is 2.53. The average molecular weight is 342 g/mol. The zero-order chi connectivity index (χ0) is 18.8. The highest BCUT2D eigenvalue weighted by Gasteiger charge is 2.23. The van der Waals surface area contributed by atoms with Crippen LogP contribution < -0.4 is 5.32 Å². The highest BCUT2D eigenvalue weighted by Crippen LogP contribution is 2.29. The van der Waals surface area contributed by atoms with Gasteiger partial charge in [0.2, 0.25) is 0 Å². The number of hydrogen-bond acceptors (Lipinski definition) is 4. The summed E-state index contributed by atoms with van der Waals surface area (Å²) in [5.74, 6) is -1.97. The number of carbonyl (C=O) groups excluding carboxylic acids is 1. The van der Waals surface area contributed by atoms with Crippen molar-refractivity contribution < 1.29 is 19.6 Å². The second-order valence-corrected chi connectivity index (χ2v) is 6.54. The van der Waals surface area contributed by atoms with Crippen LogP contribution in [0.25, 0.3) is 0 Å². The van der Waals surface area contributed by atoms with Gasteiger partial charge in [-0.3, -0.25) is 14.9 Å². The Morgan fingerprint density at radius 3 is 2.16 bits per heavy atom. The van der Waals surface area contributed by atoms with Gasteiger partial charge >= 0.3 is 5.97 Å². The first-order valence-corrected chi connectivity index (χ1v) is 7.54. The van der Waals surface area contributed by atoms with Crippen molar-refractivity contribution in [2.24, 2.45) is 0 Å². The van der Waals surface area contributed by atoms with Crippen molar-refractivity contribution in [2.75, 3.05) is 5.32 Å². The van der Waals surface area contributed by atoms with Gasteiger partial charge in [-0.15, -0.1) is 0 Å². The van der Waals surface area contributed by atoms with Crippen LogP contribution in [0.1, 0.15) is 47.1 Å². The van der Waals surface area contributed by atoms with Gasteiger partial charge in [0.15, 0.2) is 0 Å². The highest BCUT2D eigenvalue weighted by atomic mass is 16.6. The molecule has 25 heavy (non-hydrogen) atoms. The molecular formula is C18H18N2O5. The van der Waals surface area contributed by atoms with Crippen molar-refractivity contribution in [3.8, 4) is 0 Å². The number of nitro benzene ring substituents is 1. The van der Waals surface area contributed by atoms with Crippen LogP contribution in [0.3, 0.4) is 0 Å². The van der Waals surface area contributed by atoms with Gasteiger partial charge in [-0.2, -0.15) is 0 Å². The summed E-state index contributed by atoms with van der Waals surface area (Å²) in [6, 6.07) is 10.4. The van der Waals surface area contributed by atoms with E-state index in [9.17, 15) is 24.8 Å². The summed E-state index contributed by atoms with van der Waals surface area (Å²) in [6.07, 6.45) is 0. The summed E-state index contributed by atoms with van der Waals surface area (Å²) in [6.45, 7) is 6.11. The van der Waals surface area contributed by atoms with E-state index in [2.05, 4.69) is 5.32 Å². The zero-order valence-electron chi connectivity index (χ0n) is 14.1. The number of carbonyl (C=O) groups is 2. The standard InChI is InChI=1S/C18H18N2O5/c1-18(2,3)12-9-7-11(8-10-12)16(21)19-15-13(17(22)23)5-4-6-14(15)20(24)25/h4-10H,1-3H3,(H,19,21)(H,22,23). The van der Waals surface area contributed by atoms with Crippen LogP contribution in [0.4, 0.5) is 11.4 Å². The van der Waals surface area contributed by atoms with Crippen LogP contribution in [0.15, 0.2) is 42.5 Å². The van der Waals surface area contributed by atoms with E-state index in [1.807, 2.05) is 20.8 Å². The van der Waals surface area contributed by atoms with Gasteiger partial charge in [-0.1, -0.05) is 39.0 Å². The summed E-state index contributed by atoms with van der Waals surface area (Å²) in [4.78, 5) is 34.1. The number of nitrogens with one attached hydrogen (secondary N) is 1. The Bertz CT molecular complexity index is 803. The molecule has 0 saturated carbocycles. The third-order valence-corrected chi connectivity index (χ3v) is 3.72. The normalized spacial score (nSPS) is 11.0. The third kappa shape index (κ3) is 4.00. The smallest absolute Gasteiger partial charge is 0.338 e. The van der Waals surface area contributed by atoms with Crippen molar-refractivity contribution >= 4 is 23.3 Å². The van der Waals surface area contributed by atoms with E-state index in [-0.39, 0.29) is 22.2 Å². The van der Waals surface area contributed by atoms with Crippen molar-refractivity contribution in [1.82, 2.24) is 0 Å². The summed E-state index contributed by atoms with van der Waals surface area (Å²) in [7, 11) is 0. The highest BCUT2D eigenvalue weighted by molar-refractivity contribution is 6.09.